The number of carbonyl (C=O) groups excluding carboxylic acids is 1. The average molecular weight is 432 g/mol. The number of hydrogen-bond acceptors (Lipinski definition) is 7. The van der Waals surface area contributed by atoms with Crippen LogP contribution in [0.1, 0.15) is 49.9 Å². The smallest absolute Gasteiger partial charge is 0.228 e. The number of rotatable bonds is 5. The molecule has 2 aromatic heterocycles. The zero-order valence-corrected chi connectivity index (χ0v) is 18.8. The van der Waals surface area contributed by atoms with Crippen molar-refractivity contribution in [1.29, 1.82) is 0 Å². The Balaban J connectivity index is 1.64. The standard InChI is InChI=1S/C21H33N7OS/c1-13-10-28-19(24-20(13)26-8-6-15(23)11-26)9-17(25-28)18-5-3-4-7-27(18)21(29)16(12-30)14(2)22/h9-10,14-16,18,30H,3-8,11-12,22-23H2,1-2H3/t14?,15-,16?,18-/m0/s1. The summed E-state index contributed by atoms with van der Waals surface area (Å²) in [6, 6.07) is 1.96. The van der Waals surface area contributed by atoms with Crippen molar-refractivity contribution >= 4 is 30.0 Å². The van der Waals surface area contributed by atoms with Crippen LogP contribution in [-0.2, 0) is 4.79 Å². The molecule has 4 rings (SSSR count). The first-order valence-corrected chi connectivity index (χ1v) is 11.6. The average Bonchev–Trinajstić information content (AvgIpc) is 3.33. The van der Waals surface area contributed by atoms with Gasteiger partial charge >= 0.3 is 0 Å². The van der Waals surface area contributed by atoms with Crippen molar-refractivity contribution in [2.24, 2.45) is 17.4 Å². The second-order valence-corrected chi connectivity index (χ2v) is 9.17. The summed E-state index contributed by atoms with van der Waals surface area (Å²) in [5, 5.41) is 4.81. The summed E-state index contributed by atoms with van der Waals surface area (Å²) in [6.07, 6.45) is 6.00. The van der Waals surface area contributed by atoms with Crippen LogP contribution < -0.4 is 16.4 Å². The molecule has 0 aromatic carbocycles. The van der Waals surface area contributed by atoms with Crippen LogP contribution in [0, 0.1) is 12.8 Å². The number of carbonyl (C=O) groups is 1. The van der Waals surface area contributed by atoms with Crippen LogP contribution in [0.4, 0.5) is 5.82 Å². The third kappa shape index (κ3) is 4.02. The molecule has 4 N–H and O–H groups in total. The van der Waals surface area contributed by atoms with E-state index < -0.39 is 0 Å². The van der Waals surface area contributed by atoms with E-state index in [-0.39, 0.29) is 30.0 Å². The SMILES string of the molecule is Cc1cn2nc([C@@H]3CCCCN3C(=O)C(CS)C(C)N)cc2nc1N1CC[C@H](N)C1. The van der Waals surface area contributed by atoms with Crippen molar-refractivity contribution in [1.82, 2.24) is 19.5 Å². The molecule has 0 radical (unpaired) electrons. The van der Waals surface area contributed by atoms with Crippen molar-refractivity contribution in [2.75, 3.05) is 30.3 Å². The van der Waals surface area contributed by atoms with Crippen molar-refractivity contribution in [3.05, 3.63) is 23.5 Å². The summed E-state index contributed by atoms with van der Waals surface area (Å²) < 4.78 is 1.84. The molecule has 0 aliphatic carbocycles. The number of fused-ring (bicyclic) bond motifs is 1. The highest BCUT2D eigenvalue weighted by Crippen LogP contribution is 2.33. The minimum absolute atomic E-state index is 0.0435. The first kappa shape index (κ1) is 21.4. The Morgan fingerprint density at radius 3 is 2.80 bits per heavy atom. The van der Waals surface area contributed by atoms with Crippen LogP contribution in [0.5, 0.6) is 0 Å². The fourth-order valence-corrected chi connectivity index (χ4v) is 5.16. The minimum atomic E-state index is -0.280. The predicted octanol–water partition coefficient (Wildman–Crippen LogP) is 1.52. The highest BCUT2D eigenvalue weighted by Gasteiger charge is 2.35. The van der Waals surface area contributed by atoms with Gasteiger partial charge in [-0.15, -0.1) is 0 Å². The molecule has 30 heavy (non-hydrogen) atoms. The quantitative estimate of drug-likeness (QED) is 0.620. The number of piperidine rings is 1. The molecule has 0 saturated carbocycles. The van der Waals surface area contributed by atoms with Crippen LogP contribution in [0.3, 0.4) is 0 Å². The molecule has 164 valence electrons. The summed E-state index contributed by atoms with van der Waals surface area (Å²) in [4.78, 5) is 22.3. The molecule has 2 unspecified atom stereocenters. The number of amides is 1. The van der Waals surface area contributed by atoms with Crippen molar-refractivity contribution in [3.8, 4) is 0 Å². The molecule has 4 atom stereocenters. The molecule has 0 bridgehead atoms. The lowest BCUT2D eigenvalue weighted by molar-refractivity contribution is -0.139. The summed E-state index contributed by atoms with van der Waals surface area (Å²) in [6.45, 7) is 6.43. The van der Waals surface area contributed by atoms with E-state index >= 15 is 0 Å². The van der Waals surface area contributed by atoms with E-state index in [1.165, 1.54) is 0 Å². The Morgan fingerprint density at radius 2 is 2.13 bits per heavy atom. The Morgan fingerprint density at radius 1 is 1.33 bits per heavy atom. The maximum absolute atomic E-state index is 13.2. The molecule has 2 aromatic rings. The van der Waals surface area contributed by atoms with Gasteiger partial charge < -0.3 is 21.3 Å². The molecule has 2 aliphatic heterocycles. The van der Waals surface area contributed by atoms with Gasteiger partial charge in [0.25, 0.3) is 0 Å². The predicted molar refractivity (Wildman–Crippen MR) is 122 cm³/mol. The lowest BCUT2D eigenvalue weighted by Gasteiger charge is -2.37. The lowest BCUT2D eigenvalue weighted by Crippen LogP contribution is -2.47. The van der Waals surface area contributed by atoms with Crippen LogP contribution in [0.15, 0.2) is 12.3 Å². The zero-order valence-electron chi connectivity index (χ0n) is 17.9. The fraction of sp³-hybridized carbons (Fsp3) is 0.667. The minimum Gasteiger partial charge on any atom is -0.355 e. The van der Waals surface area contributed by atoms with Gasteiger partial charge in [0.15, 0.2) is 5.65 Å². The number of anilines is 1. The van der Waals surface area contributed by atoms with Gasteiger partial charge in [0.2, 0.25) is 5.91 Å². The van der Waals surface area contributed by atoms with E-state index in [2.05, 4.69) is 24.5 Å². The van der Waals surface area contributed by atoms with Crippen LogP contribution in [-0.4, -0.2) is 62.9 Å². The van der Waals surface area contributed by atoms with Crippen molar-refractivity contribution < 1.29 is 4.79 Å². The van der Waals surface area contributed by atoms with Crippen LogP contribution in [0.25, 0.3) is 5.65 Å². The number of nitrogens with zero attached hydrogens (tertiary/aromatic N) is 5. The third-order valence-electron chi connectivity index (χ3n) is 6.42. The summed E-state index contributed by atoms with van der Waals surface area (Å²) >= 11 is 4.37. The van der Waals surface area contributed by atoms with E-state index in [0.717, 1.165) is 68.0 Å². The number of likely N-dealkylation sites (tertiary alicyclic amines) is 1. The molecule has 1 amide bonds. The second-order valence-electron chi connectivity index (χ2n) is 8.81. The van der Waals surface area contributed by atoms with Gasteiger partial charge in [-0.2, -0.15) is 17.7 Å². The molecule has 8 nitrogen and oxygen atoms in total. The maximum Gasteiger partial charge on any atom is 0.228 e. The number of aryl methyl sites for hydroxylation is 1. The van der Waals surface area contributed by atoms with Gasteiger partial charge in [-0.1, -0.05) is 0 Å². The summed E-state index contributed by atoms with van der Waals surface area (Å²) in [7, 11) is 0. The van der Waals surface area contributed by atoms with E-state index in [0.29, 0.717) is 5.75 Å². The highest BCUT2D eigenvalue weighted by molar-refractivity contribution is 7.80. The van der Waals surface area contributed by atoms with Crippen LogP contribution in [0.2, 0.25) is 0 Å². The lowest BCUT2D eigenvalue weighted by atomic mass is 9.95. The molecule has 0 spiro atoms. The zero-order chi connectivity index (χ0) is 21.4. The number of aromatic nitrogens is 3. The maximum atomic E-state index is 13.2. The number of hydrogen-bond donors (Lipinski definition) is 3. The number of thiol groups is 1. The van der Waals surface area contributed by atoms with E-state index in [4.69, 9.17) is 21.5 Å². The molecule has 2 fully saturated rings. The van der Waals surface area contributed by atoms with Crippen LogP contribution >= 0.6 is 12.6 Å². The highest BCUT2D eigenvalue weighted by atomic mass is 32.1. The van der Waals surface area contributed by atoms with Gasteiger partial charge in [-0.25, -0.2) is 9.50 Å². The largest absolute Gasteiger partial charge is 0.355 e. The molecular formula is C21H33N7OS. The Kier molecular flexibility index (Phi) is 6.22. The second kappa shape index (κ2) is 8.72. The normalized spacial score (nSPS) is 24.4. The van der Waals surface area contributed by atoms with Gasteiger partial charge in [0.1, 0.15) is 5.82 Å². The molecule has 9 heteroatoms. The summed E-state index contributed by atoms with van der Waals surface area (Å²) in [5.41, 5.74) is 14.9. The van der Waals surface area contributed by atoms with Gasteiger partial charge in [-0.05, 0) is 39.5 Å². The Labute approximate surface area is 183 Å². The molecular weight excluding hydrogens is 398 g/mol. The van der Waals surface area contributed by atoms with E-state index in [1.807, 2.05) is 28.6 Å². The molecule has 4 heterocycles. The van der Waals surface area contributed by atoms with Gasteiger partial charge in [0, 0.05) is 55.3 Å². The van der Waals surface area contributed by atoms with Gasteiger partial charge in [-0.3, -0.25) is 4.79 Å². The molecule has 2 aliphatic rings. The first-order chi connectivity index (χ1) is 14.4. The number of nitrogens with two attached hydrogens (primary N) is 2. The van der Waals surface area contributed by atoms with Crippen molar-refractivity contribution in [2.45, 2.75) is 57.7 Å². The van der Waals surface area contributed by atoms with Gasteiger partial charge in [0.05, 0.1) is 17.7 Å². The summed E-state index contributed by atoms with van der Waals surface area (Å²) in [5.74, 6) is 1.23. The third-order valence-corrected chi connectivity index (χ3v) is 6.82. The van der Waals surface area contributed by atoms with E-state index in [9.17, 15) is 4.79 Å². The fourth-order valence-electron chi connectivity index (χ4n) is 4.67. The topological polar surface area (TPSA) is 106 Å². The molecule has 2 saturated heterocycles. The van der Waals surface area contributed by atoms with E-state index in [1.54, 1.807) is 0 Å². The van der Waals surface area contributed by atoms with Crippen molar-refractivity contribution in [3.63, 3.8) is 0 Å². The monoisotopic (exact) mass is 431 g/mol. The first-order valence-electron chi connectivity index (χ1n) is 10.9. The Bertz CT molecular complexity index is 914. The Hall–Kier alpha value is -1.84.